The molecule has 0 aliphatic carbocycles. The van der Waals surface area contributed by atoms with E-state index in [2.05, 4.69) is 29.2 Å². The first kappa shape index (κ1) is 19.4. The summed E-state index contributed by atoms with van der Waals surface area (Å²) in [5.74, 6) is 0.883. The first-order valence-electron chi connectivity index (χ1n) is 8.94. The van der Waals surface area contributed by atoms with Gasteiger partial charge in [0.2, 0.25) is 0 Å². The summed E-state index contributed by atoms with van der Waals surface area (Å²) in [5, 5.41) is 18.6. The number of rotatable bonds is 11. The zero-order valence-corrected chi connectivity index (χ0v) is 15.0. The minimum atomic E-state index is -0.365. The molecule has 0 aliphatic rings. The number of hydrogen-bond acceptors (Lipinski definition) is 4. The van der Waals surface area contributed by atoms with Crippen molar-refractivity contribution in [2.75, 3.05) is 26.2 Å². The molecule has 2 aromatic carbocycles. The average Bonchev–Trinajstić information content (AvgIpc) is 2.61. The van der Waals surface area contributed by atoms with Crippen molar-refractivity contribution in [1.29, 1.82) is 0 Å². The smallest absolute Gasteiger partial charge is 0.119 e. The van der Waals surface area contributed by atoms with Crippen LogP contribution >= 0.6 is 0 Å². The molecule has 25 heavy (non-hydrogen) atoms. The summed E-state index contributed by atoms with van der Waals surface area (Å²) in [4.78, 5) is 2.10. The van der Waals surface area contributed by atoms with Gasteiger partial charge in [-0.3, -0.25) is 4.90 Å². The van der Waals surface area contributed by atoms with Crippen LogP contribution in [-0.4, -0.2) is 47.5 Å². The molecule has 0 aliphatic heterocycles. The fraction of sp³-hybridized carbons (Fsp3) is 0.429. The number of hydrogen-bond donors (Lipinski definition) is 2. The van der Waals surface area contributed by atoms with E-state index in [1.807, 2.05) is 30.3 Å². The first-order valence-corrected chi connectivity index (χ1v) is 8.94. The molecule has 0 heterocycles. The second kappa shape index (κ2) is 10.9. The standard InChI is InChI=1S/C21H29NO3/c1-18(24)16-22(14-15-23)13-5-6-19-9-11-20(12-10-19)17-25-21-7-3-2-4-8-21/h2-4,7-12,18,23-24H,5-6,13-17H2,1H3. The maximum atomic E-state index is 9.49. The lowest BCUT2D eigenvalue weighted by molar-refractivity contribution is 0.110. The van der Waals surface area contributed by atoms with E-state index < -0.39 is 0 Å². The predicted octanol–water partition coefficient (Wildman–Crippen LogP) is 2.87. The van der Waals surface area contributed by atoms with Crippen molar-refractivity contribution >= 4 is 0 Å². The Morgan fingerprint density at radius 2 is 1.64 bits per heavy atom. The Balaban J connectivity index is 1.74. The van der Waals surface area contributed by atoms with E-state index in [1.165, 1.54) is 5.56 Å². The highest BCUT2D eigenvalue weighted by Crippen LogP contribution is 2.13. The van der Waals surface area contributed by atoms with E-state index in [1.54, 1.807) is 6.92 Å². The van der Waals surface area contributed by atoms with Crippen LogP contribution in [0.4, 0.5) is 0 Å². The lowest BCUT2D eigenvalue weighted by atomic mass is 10.1. The van der Waals surface area contributed by atoms with Gasteiger partial charge in [-0.25, -0.2) is 0 Å². The highest BCUT2D eigenvalue weighted by molar-refractivity contribution is 5.24. The van der Waals surface area contributed by atoms with Crippen LogP contribution in [0.3, 0.4) is 0 Å². The van der Waals surface area contributed by atoms with Crippen molar-refractivity contribution in [2.24, 2.45) is 0 Å². The molecule has 4 heteroatoms. The van der Waals surface area contributed by atoms with Crippen molar-refractivity contribution in [1.82, 2.24) is 4.90 Å². The van der Waals surface area contributed by atoms with Crippen LogP contribution in [-0.2, 0) is 13.0 Å². The van der Waals surface area contributed by atoms with Crippen LogP contribution in [0.1, 0.15) is 24.5 Å². The summed E-state index contributed by atoms with van der Waals surface area (Å²) in [6.07, 6.45) is 1.63. The lowest BCUT2D eigenvalue weighted by Gasteiger charge is -2.22. The number of benzene rings is 2. The average molecular weight is 343 g/mol. The molecule has 1 unspecified atom stereocenters. The Hall–Kier alpha value is -1.88. The molecule has 0 amide bonds. The highest BCUT2D eigenvalue weighted by atomic mass is 16.5. The summed E-state index contributed by atoms with van der Waals surface area (Å²) in [6, 6.07) is 18.3. The molecular formula is C21H29NO3. The molecule has 0 spiro atoms. The molecule has 2 rings (SSSR count). The van der Waals surface area contributed by atoms with Gasteiger partial charge in [-0.1, -0.05) is 42.5 Å². The zero-order chi connectivity index (χ0) is 17.9. The van der Waals surface area contributed by atoms with E-state index in [0.717, 1.165) is 30.7 Å². The predicted molar refractivity (Wildman–Crippen MR) is 101 cm³/mol. The van der Waals surface area contributed by atoms with E-state index in [-0.39, 0.29) is 12.7 Å². The SMILES string of the molecule is CC(O)CN(CCO)CCCc1ccc(COc2ccccc2)cc1. The molecule has 2 aromatic rings. The summed E-state index contributed by atoms with van der Waals surface area (Å²) >= 11 is 0. The van der Waals surface area contributed by atoms with Crippen molar-refractivity contribution in [3.05, 3.63) is 65.7 Å². The highest BCUT2D eigenvalue weighted by Gasteiger charge is 2.07. The van der Waals surface area contributed by atoms with Gasteiger partial charge in [-0.2, -0.15) is 0 Å². The second-order valence-electron chi connectivity index (χ2n) is 6.40. The molecule has 4 nitrogen and oxygen atoms in total. The number of aryl methyl sites for hydroxylation is 1. The molecular weight excluding hydrogens is 314 g/mol. The third kappa shape index (κ3) is 7.69. The molecule has 1 atom stereocenters. The fourth-order valence-electron chi connectivity index (χ4n) is 2.80. The number of aliphatic hydroxyl groups is 2. The minimum Gasteiger partial charge on any atom is -0.489 e. The summed E-state index contributed by atoms with van der Waals surface area (Å²) < 4.78 is 5.75. The number of ether oxygens (including phenoxy) is 1. The lowest BCUT2D eigenvalue weighted by Crippen LogP contribution is -2.34. The van der Waals surface area contributed by atoms with Gasteiger partial charge in [0.15, 0.2) is 0 Å². The largest absolute Gasteiger partial charge is 0.489 e. The van der Waals surface area contributed by atoms with Crippen molar-refractivity contribution in [3.63, 3.8) is 0 Å². The van der Waals surface area contributed by atoms with Crippen molar-refractivity contribution in [2.45, 2.75) is 32.5 Å². The Morgan fingerprint density at radius 3 is 2.28 bits per heavy atom. The Bertz CT molecular complexity index is 584. The molecule has 0 fully saturated rings. The molecule has 0 radical (unpaired) electrons. The molecule has 136 valence electrons. The van der Waals surface area contributed by atoms with Crippen molar-refractivity contribution in [3.8, 4) is 5.75 Å². The third-order valence-corrected chi connectivity index (χ3v) is 4.05. The van der Waals surface area contributed by atoms with Gasteiger partial charge in [-0.15, -0.1) is 0 Å². The summed E-state index contributed by atoms with van der Waals surface area (Å²) in [5.41, 5.74) is 2.45. The molecule has 0 saturated carbocycles. The number of aliphatic hydroxyl groups excluding tert-OH is 2. The maximum absolute atomic E-state index is 9.49. The van der Waals surface area contributed by atoms with Crippen LogP contribution in [0.25, 0.3) is 0 Å². The Labute approximate surface area is 150 Å². The minimum absolute atomic E-state index is 0.128. The van der Waals surface area contributed by atoms with E-state index in [4.69, 9.17) is 9.84 Å². The van der Waals surface area contributed by atoms with Crippen LogP contribution in [0.2, 0.25) is 0 Å². The normalized spacial score (nSPS) is 12.3. The topological polar surface area (TPSA) is 52.9 Å². The van der Waals surface area contributed by atoms with Crippen LogP contribution in [0, 0.1) is 0 Å². The third-order valence-electron chi connectivity index (χ3n) is 4.05. The van der Waals surface area contributed by atoms with Gasteiger partial charge in [0.1, 0.15) is 12.4 Å². The van der Waals surface area contributed by atoms with Crippen LogP contribution in [0.5, 0.6) is 5.75 Å². The van der Waals surface area contributed by atoms with E-state index in [9.17, 15) is 5.11 Å². The molecule has 0 saturated heterocycles. The Morgan fingerprint density at radius 1 is 0.960 bits per heavy atom. The molecule has 2 N–H and O–H groups in total. The second-order valence-corrected chi connectivity index (χ2v) is 6.40. The van der Waals surface area contributed by atoms with E-state index >= 15 is 0 Å². The van der Waals surface area contributed by atoms with Gasteiger partial charge in [0.25, 0.3) is 0 Å². The Kier molecular flexibility index (Phi) is 8.46. The summed E-state index contributed by atoms with van der Waals surface area (Å²) in [7, 11) is 0. The van der Waals surface area contributed by atoms with E-state index in [0.29, 0.717) is 19.7 Å². The number of para-hydroxylation sites is 1. The van der Waals surface area contributed by atoms with Gasteiger partial charge in [0.05, 0.1) is 12.7 Å². The quantitative estimate of drug-likeness (QED) is 0.659. The van der Waals surface area contributed by atoms with Gasteiger partial charge < -0.3 is 14.9 Å². The summed E-state index contributed by atoms with van der Waals surface area (Å²) in [6.45, 7) is 4.58. The molecule has 0 aromatic heterocycles. The zero-order valence-electron chi connectivity index (χ0n) is 15.0. The van der Waals surface area contributed by atoms with Gasteiger partial charge in [-0.05, 0) is 49.6 Å². The first-order chi connectivity index (χ1) is 12.2. The maximum Gasteiger partial charge on any atom is 0.119 e. The monoisotopic (exact) mass is 343 g/mol. The van der Waals surface area contributed by atoms with Crippen molar-refractivity contribution < 1.29 is 14.9 Å². The fourth-order valence-corrected chi connectivity index (χ4v) is 2.80. The van der Waals surface area contributed by atoms with Crippen LogP contribution in [0.15, 0.2) is 54.6 Å². The van der Waals surface area contributed by atoms with Gasteiger partial charge in [0, 0.05) is 13.1 Å². The molecule has 0 bridgehead atoms. The van der Waals surface area contributed by atoms with Crippen LogP contribution < -0.4 is 4.74 Å². The number of nitrogens with zero attached hydrogens (tertiary/aromatic N) is 1. The van der Waals surface area contributed by atoms with Gasteiger partial charge >= 0.3 is 0 Å².